The summed E-state index contributed by atoms with van der Waals surface area (Å²) in [5, 5.41) is 0. The molecule has 1 aliphatic heterocycles. The van der Waals surface area contributed by atoms with Crippen molar-refractivity contribution in [2.75, 3.05) is 0 Å². The van der Waals surface area contributed by atoms with E-state index in [1.54, 1.807) is 17.2 Å². The molecule has 1 atom stereocenters. The average Bonchev–Trinajstić information content (AvgIpc) is 3.14. The fourth-order valence-corrected chi connectivity index (χ4v) is 3.59. The average molecular weight is 385 g/mol. The molecule has 2 aromatic rings. The number of ether oxygens (including phenoxy) is 2. The zero-order chi connectivity index (χ0) is 20.7. The van der Waals surface area contributed by atoms with Crippen molar-refractivity contribution < 1.29 is 13.9 Å². The summed E-state index contributed by atoms with van der Waals surface area (Å²) in [6.45, 7) is 14.4. The lowest BCUT2D eigenvalue weighted by atomic mass is 9.85. The van der Waals surface area contributed by atoms with E-state index in [2.05, 4.69) is 59.7 Å². The summed E-state index contributed by atoms with van der Waals surface area (Å²) < 4.78 is 23.4. The van der Waals surface area contributed by atoms with Crippen LogP contribution >= 0.6 is 0 Å². The van der Waals surface area contributed by atoms with E-state index in [1.807, 2.05) is 12.1 Å². The number of hydrogen-bond acceptors (Lipinski definition) is 2. The lowest BCUT2D eigenvalue weighted by molar-refractivity contribution is -0.173. The van der Waals surface area contributed by atoms with Crippen LogP contribution in [0.5, 0.6) is 11.5 Å². The van der Waals surface area contributed by atoms with Gasteiger partial charge in [-0.3, -0.25) is 0 Å². The summed E-state index contributed by atoms with van der Waals surface area (Å²) in [6.07, 6.45) is 3.93. The molecule has 1 unspecified atom stereocenters. The van der Waals surface area contributed by atoms with Crippen LogP contribution in [0.15, 0.2) is 36.4 Å². The summed E-state index contributed by atoms with van der Waals surface area (Å²) >= 11 is 0. The minimum atomic E-state index is -2.03. The molecule has 28 heavy (non-hydrogen) atoms. The highest BCUT2D eigenvalue weighted by Crippen LogP contribution is 2.42. The molecule has 4 rings (SSSR count). The molecule has 3 heteroatoms. The maximum Gasteiger partial charge on any atom is 0.404 e. The van der Waals surface area contributed by atoms with Gasteiger partial charge in [-0.15, -0.1) is 0 Å². The second-order valence-corrected chi connectivity index (χ2v) is 10.0. The summed E-state index contributed by atoms with van der Waals surface area (Å²) in [7, 11) is 0. The van der Waals surface area contributed by atoms with Gasteiger partial charge in [-0.05, 0) is 64.5 Å². The molecule has 2 aliphatic rings. The Morgan fingerprint density at radius 3 is 1.93 bits per heavy atom. The molecule has 2 nitrogen and oxygen atoms in total. The van der Waals surface area contributed by atoms with Gasteiger partial charge >= 0.3 is 6.04 Å². The number of rotatable bonds is 0. The molecule has 0 saturated heterocycles. The van der Waals surface area contributed by atoms with Gasteiger partial charge in [0, 0.05) is 6.92 Å². The molecular formula is C25H33FO2. The Morgan fingerprint density at radius 1 is 0.750 bits per heavy atom. The second kappa shape index (κ2) is 7.09. The lowest BCUT2D eigenvalue weighted by Crippen LogP contribution is -2.27. The van der Waals surface area contributed by atoms with Crippen LogP contribution < -0.4 is 9.47 Å². The molecule has 0 aromatic heterocycles. The van der Waals surface area contributed by atoms with Crippen LogP contribution in [0.2, 0.25) is 0 Å². The Balaban J connectivity index is 0.000000162. The number of benzene rings is 2. The first kappa shape index (κ1) is 20.7. The predicted molar refractivity (Wildman–Crippen MR) is 113 cm³/mol. The highest BCUT2D eigenvalue weighted by atomic mass is 19.2. The first-order chi connectivity index (χ1) is 12.9. The Morgan fingerprint density at radius 2 is 1.29 bits per heavy atom. The van der Waals surface area contributed by atoms with Crippen molar-refractivity contribution >= 4 is 0 Å². The Labute approximate surface area is 169 Å². The van der Waals surface area contributed by atoms with Crippen LogP contribution in [0.4, 0.5) is 4.39 Å². The first-order valence-electron chi connectivity index (χ1n) is 10.2. The number of alkyl halides is 1. The van der Waals surface area contributed by atoms with Crippen LogP contribution in [-0.4, -0.2) is 6.04 Å². The van der Waals surface area contributed by atoms with Gasteiger partial charge in [-0.1, -0.05) is 65.8 Å². The number of halogens is 1. The van der Waals surface area contributed by atoms with Crippen LogP contribution in [0.3, 0.4) is 0 Å². The van der Waals surface area contributed by atoms with Crippen LogP contribution in [0.1, 0.15) is 77.1 Å². The molecule has 0 spiro atoms. The monoisotopic (exact) mass is 384 g/mol. The maximum absolute atomic E-state index is 13.4. The van der Waals surface area contributed by atoms with Gasteiger partial charge in [-0.25, -0.2) is 0 Å². The van der Waals surface area contributed by atoms with Crippen LogP contribution in [0.25, 0.3) is 0 Å². The third-order valence-corrected chi connectivity index (χ3v) is 5.36. The molecule has 0 bridgehead atoms. The number of aryl methyl sites for hydroxylation is 2. The second-order valence-electron chi connectivity index (χ2n) is 10.0. The van der Waals surface area contributed by atoms with E-state index >= 15 is 0 Å². The van der Waals surface area contributed by atoms with E-state index in [1.165, 1.54) is 31.7 Å². The predicted octanol–water partition coefficient (Wildman–Crippen LogP) is 6.87. The minimum Gasteiger partial charge on any atom is -0.423 e. The SMILES string of the molecule is CC(C)(C)c1ccc2c(c1)CCC2.CC1(F)Oc2ccc(C(C)(C)C)cc2O1. The van der Waals surface area contributed by atoms with E-state index < -0.39 is 6.04 Å². The summed E-state index contributed by atoms with van der Waals surface area (Å²) in [5.74, 6) is 0.945. The van der Waals surface area contributed by atoms with E-state index in [-0.39, 0.29) is 5.41 Å². The van der Waals surface area contributed by atoms with Crippen molar-refractivity contribution in [3.8, 4) is 11.5 Å². The third kappa shape index (κ3) is 4.68. The normalized spacial score (nSPS) is 20.4. The zero-order valence-corrected chi connectivity index (χ0v) is 18.3. The first-order valence-corrected chi connectivity index (χ1v) is 10.2. The highest BCUT2D eigenvalue weighted by molar-refractivity contribution is 5.47. The number of hydrogen-bond donors (Lipinski definition) is 0. The topological polar surface area (TPSA) is 18.5 Å². The van der Waals surface area contributed by atoms with Crippen molar-refractivity contribution in [3.63, 3.8) is 0 Å². The summed E-state index contributed by atoms with van der Waals surface area (Å²) in [5.41, 5.74) is 6.07. The summed E-state index contributed by atoms with van der Waals surface area (Å²) in [6, 6.07) is 10.5. The highest BCUT2D eigenvalue weighted by Gasteiger charge is 2.37. The van der Waals surface area contributed by atoms with Crippen molar-refractivity contribution in [2.45, 2.75) is 84.6 Å². The Hall–Kier alpha value is -2.03. The quantitative estimate of drug-likeness (QED) is 0.493. The van der Waals surface area contributed by atoms with Gasteiger partial charge in [0.2, 0.25) is 0 Å². The molecule has 1 aliphatic carbocycles. The molecular weight excluding hydrogens is 351 g/mol. The molecule has 0 amide bonds. The smallest absolute Gasteiger partial charge is 0.404 e. The number of fused-ring (bicyclic) bond motifs is 2. The Bertz CT molecular complexity index is 854. The summed E-state index contributed by atoms with van der Waals surface area (Å²) in [4.78, 5) is 0. The molecule has 0 fully saturated rings. The molecule has 1 heterocycles. The van der Waals surface area contributed by atoms with Gasteiger partial charge in [0.1, 0.15) is 0 Å². The molecule has 0 radical (unpaired) electrons. The zero-order valence-electron chi connectivity index (χ0n) is 18.3. The molecule has 0 saturated carbocycles. The van der Waals surface area contributed by atoms with E-state index in [9.17, 15) is 4.39 Å². The fraction of sp³-hybridized carbons (Fsp3) is 0.520. The molecule has 152 valence electrons. The van der Waals surface area contributed by atoms with Crippen molar-refractivity contribution in [3.05, 3.63) is 58.7 Å². The van der Waals surface area contributed by atoms with Crippen molar-refractivity contribution in [1.82, 2.24) is 0 Å². The largest absolute Gasteiger partial charge is 0.423 e. The molecule has 2 aromatic carbocycles. The van der Waals surface area contributed by atoms with Gasteiger partial charge in [0.25, 0.3) is 0 Å². The fourth-order valence-electron chi connectivity index (χ4n) is 3.59. The van der Waals surface area contributed by atoms with Crippen LogP contribution in [-0.2, 0) is 23.7 Å². The van der Waals surface area contributed by atoms with Crippen molar-refractivity contribution in [2.24, 2.45) is 0 Å². The Kier molecular flexibility index (Phi) is 5.24. The molecule has 0 N–H and O–H groups in total. The maximum atomic E-state index is 13.4. The van der Waals surface area contributed by atoms with Gasteiger partial charge in [-0.2, -0.15) is 4.39 Å². The van der Waals surface area contributed by atoms with Crippen molar-refractivity contribution in [1.29, 1.82) is 0 Å². The van der Waals surface area contributed by atoms with Gasteiger partial charge < -0.3 is 9.47 Å². The standard InChI is InChI=1S/C13H18.C12H15FO2/c1-13(2,3)12-8-7-10-5-4-6-11(10)9-12;1-11(2,3)8-5-6-9-10(7-8)15-12(4,13)14-9/h7-9H,4-6H2,1-3H3;5-7H,1-4H3. The van der Waals surface area contributed by atoms with E-state index in [0.29, 0.717) is 16.9 Å². The van der Waals surface area contributed by atoms with Gasteiger partial charge in [0.05, 0.1) is 0 Å². The lowest BCUT2D eigenvalue weighted by Gasteiger charge is -2.19. The van der Waals surface area contributed by atoms with E-state index in [4.69, 9.17) is 9.47 Å². The van der Waals surface area contributed by atoms with Gasteiger partial charge in [0.15, 0.2) is 11.5 Å². The minimum absolute atomic E-state index is 0.0215. The third-order valence-electron chi connectivity index (χ3n) is 5.36. The van der Waals surface area contributed by atoms with Crippen LogP contribution in [0, 0.1) is 0 Å². The van der Waals surface area contributed by atoms with E-state index in [0.717, 1.165) is 5.56 Å².